The first kappa shape index (κ1) is 15.6. The first-order chi connectivity index (χ1) is 9.81. The Balaban J connectivity index is 2.28. The maximum atomic E-state index is 13.6. The first-order valence-corrected chi connectivity index (χ1v) is 7.82. The van der Waals surface area contributed by atoms with Crippen molar-refractivity contribution in [2.45, 2.75) is 24.8 Å². The van der Waals surface area contributed by atoms with Crippen LogP contribution >= 0.6 is 0 Å². The highest BCUT2D eigenvalue weighted by Crippen LogP contribution is 2.20. The van der Waals surface area contributed by atoms with Crippen molar-refractivity contribution in [3.8, 4) is 0 Å². The molecule has 0 saturated carbocycles. The molecule has 1 unspecified atom stereocenters. The van der Waals surface area contributed by atoms with E-state index in [0.717, 1.165) is 6.07 Å². The number of hydrogen-bond acceptors (Lipinski definition) is 2. The van der Waals surface area contributed by atoms with Crippen LogP contribution in [0.1, 0.15) is 24.1 Å². The molecule has 0 aliphatic carbocycles. The molecule has 2 aromatic rings. The highest BCUT2D eigenvalue weighted by Gasteiger charge is 2.21. The number of nitrogens with one attached hydrogen (secondary N) is 1. The van der Waals surface area contributed by atoms with E-state index in [1.807, 2.05) is 0 Å². The lowest BCUT2D eigenvalue weighted by Crippen LogP contribution is -2.27. The van der Waals surface area contributed by atoms with Gasteiger partial charge in [0.25, 0.3) is 0 Å². The van der Waals surface area contributed by atoms with Crippen LogP contribution in [0.5, 0.6) is 0 Å². The molecule has 0 aliphatic rings. The Morgan fingerprint density at radius 1 is 1.05 bits per heavy atom. The zero-order valence-electron chi connectivity index (χ0n) is 11.6. The Morgan fingerprint density at radius 3 is 2.33 bits per heavy atom. The molecule has 0 amide bonds. The molecule has 112 valence electrons. The molecular formula is C15H15F2NO2S. The molecule has 2 aromatic carbocycles. The highest BCUT2D eigenvalue weighted by molar-refractivity contribution is 7.89. The van der Waals surface area contributed by atoms with Crippen LogP contribution in [0, 0.1) is 18.6 Å². The predicted octanol–water partition coefficient (Wildman–Crippen LogP) is 3.31. The van der Waals surface area contributed by atoms with Crippen LogP contribution in [-0.4, -0.2) is 8.42 Å². The van der Waals surface area contributed by atoms with Gasteiger partial charge in [0.15, 0.2) is 0 Å². The van der Waals surface area contributed by atoms with E-state index in [4.69, 9.17) is 0 Å². The van der Waals surface area contributed by atoms with Gasteiger partial charge in [0, 0.05) is 6.04 Å². The molecule has 1 N–H and O–H groups in total. The van der Waals surface area contributed by atoms with Crippen LogP contribution in [0.25, 0.3) is 0 Å². The van der Waals surface area contributed by atoms with E-state index in [1.54, 1.807) is 26.0 Å². The largest absolute Gasteiger partial charge is 0.244 e. The van der Waals surface area contributed by atoms with Crippen molar-refractivity contribution in [1.29, 1.82) is 0 Å². The minimum atomic E-state index is -4.01. The fourth-order valence-corrected chi connectivity index (χ4v) is 3.22. The van der Waals surface area contributed by atoms with Crippen LogP contribution in [0.4, 0.5) is 8.78 Å². The molecule has 0 radical (unpaired) electrons. The quantitative estimate of drug-likeness (QED) is 0.941. The van der Waals surface area contributed by atoms with Crippen LogP contribution in [-0.2, 0) is 10.0 Å². The molecule has 3 nitrogen and oxygen atoms in total. The number of hydrogen-bond donors (Lipinski definition) is 1. The van der Waals surface area contributed by atoms with Gasteiger partial charge in [-0.2, -0.15) is 0 Å². The lowest BCUT2D eigenvalue weighted by atomic mass is 10.1. The third-order valence-electron chi connectivity index (χ3n) is 3.15. The molecular weight excluding hydrogens is 296 g/mol. The van der Waals surface area contributed by atoms with Crippen molar-refractivity contribution < 1.29 is 17.2 Å². The van der Waals surface area contributed by atoms with Gasteiger partial charge in [0.05, 0.1) is 0 Å². The topological polar surface area (TPSA) is 46.2 Å². The third kappa shape index (κ3) is 3.46. The monoisotopic (exact) mass is 311 g/mol. The maximum Gasteiger partial charge on any atom is 0.244 e. The van der Waals surface area contributed by atoms with E-state index in [0.29, 0.717) is 11.1 Å². The Morgan fingerprint density at radius 2 is 1.71 bits per heavy atom. The molecule has 0 bridgehead atoms. The summed E-state index contributed by atoms with van der Waals surface area (Å²) in [4.78, 5) is -0.426. The molecule has 0 spiro atoms. The normalized spacial score (nSPS) is 13.1. The summed E-state index contributed by atoms with van der Waals surface area (Å²) in [5.74, 6) is -1.24. The van der Waals surface area contributed by atoms with E-state index in [9.17, 15) is 17.2 Å². The van der Waals surface area contributed by atoms with Gasteiger partial charge in [-0.15, -0.1) is 0 Å². The second-order valence-electron chi connectivity index (χ2n) is 4.78. The predicted molar refractivity (Wildman–Crippen MR) is 76.3 cm³/mol. The number of halogens is 2. The Hall–Kier alpha value is -1.79. The molecule has 0 fully saturated rings. The van der Waals surface area contributed by atoms with Crippen molar-refractivity contribution in [3.63, 3.8) is 0 Å². The van der Waals surface area contributed by atoms with Crippen molar-refractivity contribution in [1.82, 2.24) is 4.72 Å². The van der Waals surface area contributed by atoms with Gasteiger partial charge < -0.3 is 0 Å². The van der Waals surface area contributed by atoms with E-state index in [2.05, 4.69) is 4.72 Å². The standard InChI is InChI=1S/C15H15F2NO2S/c1-10-7-8-12(9-14(10)17)11(2)18-21(19,20)15-6-4-3-5-13(15)16/h3-9,11,18H,1-2H3. The zero-order chi connectivity index (χ0) is 15.6. The summed E-state index contributed by atoms with van der Waals surface area (Å²) >= 11 is 0. The SMILES string of the molecule is Cc1ccc(C(C)NS(=O)(=O)c2ccccc2F)cc1F. The molecule has 0 aromatic heterocycles. The second kappa shape index (κ2) is 5.91. The summed E-state index contributed by atoms with van der Waals surface area (Å²) in [6.45, 7) is 3.19. The van der Waals surface area contributed by atoms with Crippen molar-refractivity contribution in [2.75, 3.05) is 0 Å². The van der Waals surface area contributed by atoms with Crippen molar-refractivity contribution in [2.24, 2.45) is 0 Å². The molecule has 0 aliphatic heterocycles. The van der Waals surface area contributed by atoms with Crippen molar-refractivity contribution in [3.05, 3.63) is 65.2 Å². The summed E-state index contributed by atoms with van der Waals surface area (Å²) in [5, 5.41) is 0. The van der Waals surface area contributed by atoms with Crippen LogP contribution in [0.3, 0.4) is 0 Å². The van der Waals surface area contributed by atoms with Gasteiger partial charge in [-0.3, -0.25) is 0 Å². The van der Waals surface area contributed by atoms with Gasteiger partial charge in [-0.25, -0.2) is 21.9 Å². The van der Waals surface area contributed by atoms with E-state index in [1.165, 1.54) is 24.3 Å². The third-order valence-corrected chi connectivity index (χ3v) is 4.73. The molecule has 0 heterocycles. The van der Waals surface area contributed by atoms with E-state index < -0.39 is 32.6 Å². The molecule has 6 heteroatoms. The maximum absolute atomic E-state index is 13.6. The molecule has 0 saturated heterocycles. The summed E-state index contributed by atoms with van der Waals surface area (Å²) < 4.78 is 53.7. The Kier molecular flexibility index (Phi) is 4.39. The van der Waals surface area contributed by atoms with E-state index >= 15 is 0 Å². The minimum absolute atomic E-state index is 0.413. The van der Waals surface area contributed by atoms with Crippen LogP contribution in [0.2, 0.25) is 0 Å². The van der Waals surface area contributed by atoms with Gasteiger partial charge in [-0.1, -0.05) is 24.3 Å². The fourth-order valence-electron chi connectivity index (χ4n) is 1.91. The lowest BCUT2D eigenvalue weighted by Gasteiger charge is -2.15. The Labute approximate surface area is 122 Å². The highest BCUT2D eigenvalue weighted by atomic mass is 32.2. The van der Waals surface area contributed by atoms with Gasteiger partial charge >= 0.3 is 0 Å². The zero-order valence-corrected chi connectivity index (χ0v) is 12.4. The van der Waals surface area contributed by atoms with Gasteiger partial charge in [0.1, 0.15) is 16.5 Å². The lowest BCUT2D eigenvalue weighted by molar-refractivity contribution is 0.545. The smallest absolute Gasteiger partial charge is 0.207 e. The molecule has 21 heavy (non-hydrogen) atoms. The van der Waals surface area contributed by atoms with Gasteiger partial charge in [0.2, 0.25) is 10.0 Å². The summed E-state index contributed by atoms with van der Waals surface area (Å²) in [6, 6.07) is 8.89. The number of sulfonamides is 1. The van der Waals surface area contributed by atoms with Crippen LogP contribution < -0.4 is 4.72 Å². The fraction of sp³-hybridized carbons (Fsp3) is 0.200. The molecule has 1 atom stereocenters. The Bertz CT molecular complexity index is 760. The second-order valence-corrected chi connectivity index (χ2v) is 6.46. The average molecular weight is 311 g/mol. The minimum Gasteiger partial charge on any atom is -0.207 e. The number of aryl methyl sites for hydroxylation is 1. The van der Waals surface area contributed by atoms with Crippen molar-refractivity contribution >= 4 is 10.0 Å². The first-order valence-electron chi connectivity index (χ1n) is 6.34. The molecule has 2 rings (SSSR count). The number of benzene rings is 2. The summed E-state index contributed by atoms with van der Waals surface area (Å²) in [6.07, 6.45) is 0. The summed E-state index contributed by atoms with van der Waals surface area (Å²) in [7, 11) is -4.01. The average Bonchev–Trinajstić information content (AvgIpc) is 2.41. The number of rotatable bonds is 4. The van der Waals surface area contributed by atoms with Crippen LogP contribution in [0.15, 0.2) is 47.4 Å². The van der Waals surface area contributed by atoms with Gasteiger partial charge in [-0.05, 0) is 43.2 Å². The van der Waals surface area contributed by atoms with E-state index in [-0.39, 0.29) is 0 Å². The summed E-state index contributed by atoms with van der Waals surface area (Å²) in [5.41, 5.74) is 0.945.